The summed E-state index contributed by atoms with van der Waals surface area (Å²) in [6.07, 6.45) is 4.91. The summed E-state index contributed by atoms with van der Waals surface area (Å²) < 4.78 is 20.5. The minimum absolute atomic E-state index is 0.504. The maximum Gasteiger partial charge on any atom is 0.161 e. The molecule has 4 aromatic carbocycles. The predicted molar refractivity (Wildman–Crippen MR) is 154 cm³/mol. The van der Waals surface area contributed by atoms with E-state index in [0.29, 0.717) is 18.3 Å². The van der Waals surface area contributed by atoms with Crippen molar-refractivity contribution in [2.24, 2.45) is 5.92 Å². The van der Waals surface area contributed by atoms with Gasteiger partial charge in [0, 0.05) is 34.3 Å². The van der Waals surface area contributed by atoms with Gasteiger partial charge in [0.05, 0.1) is 19.7 Å². The van der Waals surface area contributed by atoms with E-state index in [0.717, 1.165) is 34.4 Å². The summed E-state index contributed by atoms with van der Waals surface area (Å²) in [5.41, 5.74) is 3.62. The second-order valence-electron chi connectivity index (χ2n) is 9.84. The zero-order chi connectivity index (χ0) is 25.8. The number of nitrogens with zero attached hydrogens (tertiary/aromatic N) is 1. The number of unbranched alkanes of at least 4 members (excludes halogenated alkanes) is 1. The molecule has 0 saturated heterocycles. The van der Waals surface area contributed by atoms with E-state index in [2.05, 4.69) is 73.0 Å². The molecule has 0 aliphatic heterocycles. The quantitative estimate of drug-likeness (QED) is 0.184. The first kappa shape index (κ1) is 25.0. The molecule has 0 saturated carbocycles. The molecule has 1 aromatic heterocycles. The highest BCUT2D eigenvalue weighted by Crippen LogP contribution is 2.44. The molecule has 0 radical (unpaired) electrons. The number of fused-ring (bicyclic) bond motifs is 5. The van der Waals surface area contributed by atoms with E-state index in [-0.39, 0.29) is 0 Å². The molecule has 0 bridgehead atoms. The fraction of sp³-hybridized carbons (Fsp3) is 0.333. The Bertz CT molecular complexity index is 1500. The van der Waals surface area contributed by atoms with Crippen molar-refractivity contribution in [3.63, 3.8) is 0 Å². The Morgan fingerprint density at radius 1 is 0.730 bits per heavy atom. The zero-order valence-corrected chi connectivity index (χ0v) is 22.4. The van der Waals surface area contributed by atoms with E-state index in [4.69, 9.17) is 14.2 Å². The van der Waals surface area contributed by atoms with Crippen molar-refractivity contribution < 1.29 is 14.2 Å². The highest BCUT2D eigenvalue weighted by molar-refractivity contribution is 6.22. The molecule has 0 N–H and O–H groups in total. The van der Waals surface area contributed by atoms with Crippen molar-refractivity contribution in [2.45, 2.75) is 52.7 Å². The maximum absolute atomic E-state index is 6.52. The third kappa shape index (κ3) is 4.85. The molecule has 5 rings (SSSR count). The lowest BCUT2D eigenvalue weighted by Crippen LogP contribution is -2.10. The monoisotopic (exact) mass is 495 g/mol. The van der Waals surface area contributed by atoms with Crippen LogP contribution in [-0.2, 0) is 13.2 Å². The molecule has 5 aromatic rings. The average molecular weight is 496 g/mol. The van der Waals surface area contributed by atoms with Gasteiger partial charge in [-0.2, -0.15) is 0 Å². The summed E-state index contributed by atoms with van der Waals surface area (Å²) in [4.78, 5) is 0. The van der Waals surface area contributed by atoms with E-state index in [1.165, 1.54) is 47.5 Å². The number of rotatable bonds is 11. The summed E-state index contributed by atoms with van der Waals surface area (Å²) in [5, 5.41) is 4.65. The van der Waals surface area contributed by atoms with Crippen molar-refractivity contribution >= 4 is 32.6 Å². The van der Waals surface area contributed by atoms with Crippen LogP contribution in [0.4, 0.5) is 0 Å². The van der Waals surface area contributed by atoms with Crippen molar-refractivity contribution in [3.05, 3.63) is 78.4 Å². The van der Waals surface area contributed by atoms with Crippen LogP contribution >= 0.6 is 0 Å². The molecule has 1 unspecified atom stereocenters. The van der Waals surface area contributed by atoms with Crippen molar-refractivity contribution in [1.29, 1.82) is 0 Å². The summed E-state index contributed by atoms with van der Waals surface area (Å²) >= 11 is 0. The van der Waals surface area contributed by atoms with Crippen LogP contribution < -0.4 is 14.2 Å². The second-order valence-corrected chi connectivity index (χ2v) is 9.84. The molecule has 0 aliphatic rings. The van der Waals surface area contributed by atoms with Gasteiger partial charge in [0.1, 0.15) is 12.4 Å². The van der Waals surface area contributed by atoms with Crippen LogP contribution in [0.15, 0.2) is 72.8 Å². The zero-order valence-electron chi connectivity index (χ0n) is 22.4. The molecule has 1 heterocycles. The van der Waals surface area contributed by atoms with E-state index in [9.17, 15) is 0 Å². The molecule has 4 heteroatoms. The Kier molecular flexibility index (Phi) is 7.55. The SMILES string of the molecule is CCCCC(CC)Cn1c2ccccc2c2c3cc(OC)c(OC)cc3c(OCc3ccccc3)cc21. The summed E-state index contributed by atoms with van der Waals surface area (Å²) in [5.74, 6) is 2.92. The van der Waals surface area contributed by atoms with E-state index in [1.807, 2.05) is 18.2 Å². The highest BCUT2D eigenvalue weighted by Gasteiger charge is 2.20. The fourth-order valence-electron chi connectivity index (χ4n) is 5.47. The van der Waals surface area contributed by atoms with Crippen LogP contribution in [-0.4, -0.2) is 18.8 Å². The first-order valence-corrected chi connectivity index (χ1v) is 13.4. The van der Waals surface area contributed by atoms with Crippen LogP contribution in [0.25, 0.3) is 32.6 Å². The largest absolute Gasteiger partial charge is 0.493 e. The van der Waals surface area contributed by atoms with Gasteiger partial charge in [-0.1, -0.05) is 81.6 Å². The van der Waals surface area contributed by atoms with Gasteiger partial charge in [-0.15, -0.1) is 0 Å². The number of benzene rings is 4. The van der Waals surface area contributed by atoms with Crippen molar-refractivity contribution in [3.8, 4) is 17.2 Å². The first-order chi connectivity index (χ1) is 18.2. The molecule has 0 spiro atoms. The van der Waals surface area contributed by atoms with Crippen LogP contribution in [0.5, 0.6) is 17.2 Å². The van der Waals surface area contributed by atoms with Gasteiger partial charge < -0.3 is 18.8 Å². The lowest BCUT2D eigenvalue weighted by Gasteiger charge is -2.18. The normalized spacial score (nSPS) is 12.3. The van der Waals surface area contributed by atoms with E-state index < -0.39 is 0 Å². The van der Waals surface area contributed by atoms with Gasteiger partial charge in [-0.25, -0.2) is 0 Å². The molecule has 0 amide bonds. The second kappa shape index (κ2) is 11.2. The van der Waals surface area contributed by atoms with Gasteiger partial charge >= 0.3 is 0 Å². The first-order valence-electron chi connectivity index (χ1n) is 13.4. The molecular weight excluding hydrogens is 458 g/mol. The summed E-state index contributed by atoms with van der Waals surface area (Å²) in [6, 6.07) is 25.5. The van der Waals surface area contributed by atoms with Crippen LogP contribution in [0.1, 0.15) is 45.1 Å². The molecule has 192 valence electrons. The number of ether oxygens (including phenoxy) is 3. The standard InChI is InChI=1S/C33H37NO3/c1-5-7-13-23(6-2)21-34-28-17-12-11-16-25(28)33-27-19-32(36-4)31(35-3)18-26(27)30(20-29(33)34)37-22-24-14-9-8-10-15-24/h8-12,14-20,23H,5-7,13,21-22H2,1-4H3. The molecule has 1 atom stereocenters. The number of hydrogen-bond donors (Lipinski definition) is 0. The topological polar surface area (TPSA) is 32.6 Å². The number of aromatic nitrogens is 1. The number of hydrogen-bond acceptors (Lipinski definition) is 3. The maximum atomic E-state index is 6.52. The van der Waals surface area contributed by atoms with Gasteiger partial charge in [-0.3, -0.25) is 0 Å². The van der Waals surface area contributed by atoms with Gasteiger partial charge in [-0.05, 0) is 41.5 Å². The summed E-state index contributed by atoms with van der Waals surface area (Å²) in [7, 11) is 3.37. The lowest BCUT2D eigenvalue weighted by molar-refractivity contribution is 0.310. The van der Waals surface area contributed by atoms with Gasteiger partial charge in [0.25, 0.3) is 0 Å². The molecular formula is C33H37NO3. The molecule has 0 fully saturated rings. The van der Waals surface area contributed by atoms with Gasteiger partial charge in [0.15, 0.2) is 11.5 Å². The number of methoxy groups -OCH3 is 2. The molecule has 4 nitrogen and oxygen atoms in total. The van der Waals surface area contributed by atoms with E-state index >= 15 is 0 Å². The predicted octanol–water partition coefficient (Wildman–Crippen LogP) is 8.76. The van der Waals surface area contributed by atoms with Crippen molar-refractivity contribution in [2.75, 3.05) is 14.2 Å². The Morgan fingerprint density at radius 3 is 2.14 bits per heavy atom. The average Bonchev–Trinajstić information content (AvgIpc) is 3.26. The van der Waals surface area contributed by atoms with Crippen LogP contribution in [0.2, 0.25) is 0 Å². The number of para-hydroxylation sites is 1. The van der Waals surface area contributed by atoms with Crippen LogP contribution in [0.3, 0.4) is 0 Å². The fourth-order valence-corrected chi connectivity index (χ4v) is 5.47. The Morgan fingerprint density at radius 2 is 1.43 bits per heavy atom. The highest BCUT2D eigenvalue weighted by atomic mass is 16.5. The van der Waals surface area contributed by atoms with Gasteiger partial charge in [0.2, 0.25) is 0 Å². The minimum atomic E-state index is 0.504. The summed E-state index contributed by atoms with van der Waals surface area (Å²) in [6.45, 7) is 6.09. The minimum Gasteiger partial charge on any atom is -0.493 e. The Hall–Kier alpha value is -3.66. The third-order valence-electron chi connectivity index (χ3n) is 7.56. The Balaban J connectivity index is 1.76. The smallest absolute Gasteiger partial charge is 0.161 e. The molecule has 37 heavy (non-hydrogen) atoms. The van der Waals surface area contributed by atoms with Crippen LogP contribution in [0, 0.1) is 5.92 Å². The van der Waals surface area contributed by atoms with E-state index in [1.54, 1.807) is 14.2 Å². The Labute approximate surface area is 219 Å². The third-order valence-corrected chi connectivity index (χ3v) is 7.56. The van der Waals surface area contributed by atoms with Crippen molar-refractivity contribution in [1.82, 2.24) is 4.57 Å². The lowest BCUT2D eigenvalue weighted by atomic mass is 9.99. The molecule has 0 aliphatic carbocycles.